The third-order valence-corrected chi connectivity index (χ3v) is 6.29. The van der Waals surface area contributed by atoms with Crippen molar-refractivity contribution >= 4 is 11.9 Å². The molecule has 0 amide bonds. The highest BCUT2D eigenvalue weighted by atomic mass is 16.6. The van der Waals surface area contributed by atoms with E-state index in [4.69, 9.17) is 19.3 Å². The van der Waals surface area contributed by atoms with Gasteiger partial charge in [0.25, 0.3) is 0 Å². The summed E-state index contributed by atoms with van der Waals surface area (Å²) in [5, 5.41) is 19.6. The van der Waals surface area contributed by atoms with Gasteiger partial charge in [-0.2, -0.15) is 0 Å². The second-order valence-electron chi connectivity index (χ2n) is 8.97. The minimum Gasteiger partial charge on any atom is -0.478 e. The Bertz CT molecular complexity index is 858. The van der Waals surface area contributed by atoms with Crippen molar-refractivity contribution in [1.29, 1.82) is 0 Å². The van der Waals surface area contributed by atoms with Gasteiger partial charge in [-0.25, -0.2) is 9.59 Å². The maximum atomic E-state index is 12.2. The predicted octanol–water partition coefficient (Wildman–Crippen LogP) is 3.26. The number of hydrogen-bond acceptors (Lipinski definition) is 6. The van der Waals surface area contributed by atoms with E-state index in [1.165, 1.54) is 23.8 Å². The summed E-state index contributed by atoms with van der Waals surface area (Å²) in [6.07, 6.45) is 14.5. The number of esters is 1. The van der Waals surface area contributed by atoms with Gasteiger partial charge in [0.15, 0.2) is 0 Å². The van der Waals surface area contributed by atoms with Crippen LogP contribution in [-0.2, 0) is 23.8 Å². The van der Waals surface area contributed by atoms with Crippen molar-refractivity contribution in [2.45, 2.75) is 69.5 Å². The summed E-state index contributed by atoms with van der Waals surface area (Å²) >= 11 is 0. The highest BCUT2D eigenvalue weighted by Gasteiger charge is 2.71. The van der Waals surface area contributed by atoms with Gasteiger partial charge >= 0.3 is 11.9 Å². The molecule has 2 heterocycles. The van der Waals surface area contributed by atoms with Gasteiger partial charge in [0.2, 0.25) is 0 Å². The summed E-state index contributed by atoms with van der Waals surface area (Å²) in [7, 11) is 0. The lowest BCUT2D eigenvalue weighted by Gasteiger charge is -2.40. The molecule has 0 aromatic carbocycles. The van der Waals surface area contributed by atoms with Crippen LogP contribution in [0, 0.1) is 5.92 Å². The summed E-state index contributed by atoms with van der Waals surface area (Å²) < 4.78 is 17.4. The molecule has 0 bridgehead atoms. The van der Waals surface area contributed by atoms with E-state index < -0.39 is 29.7 Å². The van der Waals surface area contributed by atoms with Crippen molar-refractivity contribution in [2.24, 2.45) is 5.92 Å². The molecule has 0 aromatic heterocycles. The molecule has 2 N–H and O–H groups in total. The fourth-order valence-corrected chi connectivity index (χ4v) is 4.53. The number of carbonyl (C=O) groups excluding carboxylic acids is 1. The zero-order valence-corrected chi connectivity index (χ0v) is 18.8. The first-order valence-corrected chi connectivity index (χ1v) is 10.9. The van der Waals surface area contributed by atoms with Crippen molar-refractivity contribution in [3.63, 3.8) is 0 Å². The molecule has 1 aliphatic carbocycles. The molecular formula is C25H32O7. The van der Waals surface area contributed by atoms with Gasteiger partial charge in [0, 0.05) is 12.2 Å². The Morgan fingerprint density at radius 3 is 2.31 bits per heavy atom. The number of carbonyl (C=O) groups is 2. The van der Waals surface area contributed by atoms with E-state index in [2.05, 4.69) is 6.08 Å². The third-order valence-electron chi connectivity index (χ3n) is 6.29. The molecule has 3 fully saturated rings. The number of carboxylic acids is 1. The average molecular weight is 445 g/mol. The lowest BCUT2D eigenvalue weighted by atomic mass is 9.68. The molecule has 0 radical (unpaired) electrons. The standard InChI is InChI=1S/C25H32O7/c1-17(2)12-13-19-24(3,32-19)23-22(29)18(14-15-25(23)16-30-25)31-21(28)11-9-7-5-4-6-8-10-20(26)27/h4-12,18-19,22-23,29H,13-16H2,1-3H3,(H,26,27)/b6-4+,7-5+,10-8+,11-9+. The van der Waals surface area contributed by atoms with Crippen LogP contribution in [0.3, 0.4) is 0 Å². The number of carboxylic acid groups (broad SMARTS) is 1. The summed E-state index contributed by atoms with van der Waals surface area (Å²) in [5.74, 6) is -1.79. The van der Waals surface area contributed by atoms with Crippen LogP contribution >= 0.6 is 0 Å². The van der Waals surface area contributed by atoms with Crippen LogP contribution < -0.4 is 0 Å². The SMILES string of the molecule is CC(C)=CCC1OC1(C)C1C(O)C(OC(=O)/C=C/C=C/C=C/C=C/C(=O)O)CCC12CO2. The van der Waals surface area contributed by atoms with Crippen molar-refractivity contribution in [3.05, 3.63) is 60.3 Å². The minimum atomic E-state index is -1.02. The van der Waals surface area contributed by atoms with Gasteiger partial charge in [0.1, 0.15) is 17.3 Å². The fraction of sp³-hybridized carbons (Fsp3) is 0.520. The van der Waals surface area contributed by atoms with E-state index in [-0.39, 0.29) is 17.6 Å². The highest BCUT2D eigenvalue weighted by Crippen LogP contribution is 2.59. The number of ether oxygens (including phenoxy) is 3. The number of hydrogen-bond donors (Lipinski definition) is 2. The maximum absolute atomic E-state index is 12.2. The molecule has 2 saturated heterocycles. The lowest BCUT2D eigenvalue weighted by molar-refractivity contribution is -0.162. The number of aliphatic carboxylic acids is 1. The fourth-order valence-electron chi connectivity index (χ4n) is 4.53. The molecule has 6 unspecified atom stereocenters. The van der Waals surface area contributed by atoms with Crippen LogP contribution in [0.15, 0.2) is 60.3 Å². The van der Waals surface area contributed by atoms with E-state index in [0.717, 1.165) is 18.9 Å². The van der Waals surface area contributed by atoms with Crippen molar-refractivity contribution in [1.82, 2.24) is 0 Å². The quantitative estimate of drug-likeness (QED) is 0.185. The molecule has 7 heteroatoms. The van der Waals surface area contributed by atoms with Crippen LogP contribution in [-0.4, -0.2) is 58.3 Å². The average Bonchev–Trinajstić information content (AvgIpc) is 3.62. The Balaban J connectivity index is 1.55. The van der Waals surface area contributed by atoms with Crippen molar-refractivity contribution < 1.29 is 34.0 Å². The predicted molar refractivity (Wildman–Crippen MR) is 119 cm³/mol. The molecule has 1 saturated carbocycles. The topological polar surface area (TPSA) is 109 Å². The van der Waals surface area contributed by atoms with E-state index >= 15 is 0 Å². The summed E-state index contributed by atoms with van der Waals surface area (Å²) in [6, 6.07) is 0. The highest BCUT2D eigenvalue weighted by molar-refractivity contribution is 5.82. The van der Waals surface area contributed by atoms with Crippen LogP contribution in [0.5, 0.6) is 0 Å². The molecule has 6 atom stereocenters. The summed E-state index contributed by atoms with van der Waals surface area (Å²) in [5.41, 5.74) is 0.355. The zero-order chi connectivity index (χ0) is 23.4. The molecule has 32 heavy (non-hydrogen) atoms. The van der Waals surface area contributed by atoms with Crippen LogP contribution in [0.25, 0.3) is 0 Å². The molecule has 7 nitrogen and oxygen atoms in total. The lowest BCUT2D eigenvalue weighted by Crippen LogP contribution is -2.54. The zero-order valence-electron chi connectivity index (χ0n) is 18.8. The maximum Gasteiger partial charge on any atom is 0.331 e. The molecule has 3 aliphatic rings. The number of allylic oxidation sites excluding steroid dienone is 7. The van der Waals surface area contributed by atoms with Crippen molar-refractivity contribution in [3.8, 4) is 0 Å². The first kappa shape index (κ1) is 24.2. The second kappa shape index (κ2) is 9.98. The number of aliphatic hydroxyl groups is 1. The monoisotopic (exact) mass is 444 g/mol. The van der Waals surface area contributed by atoms with Gasteiger partial charge in [-0.15, -0.1) is 0 Å². The normalized spacial score (nSPS) is 36.4. The van der Waals surface area contributed by atoms with Gasteiger partial charge in [0.05, 0.1) is 24.7 Å². The Kier molecular flexibility index (Phi) is 7.54. The largest absolute Gasteiger partial charge is 0.478 e. The van der Waals surface area contributed by atoms with Gasteiger partial charge in [-0.1, -0.05) is 48.1 Å². The molecule has 2 aliphatic heterocycles. The third kappa shape index (κ3) is 5.85. The summed E-state index contributed by atoms with van der Waals surface area (Å²) in [6.45, 7) is 6.71. The molecule has 0 aromatic rings. The number of epoxide rings is 2. The van der Waals surface area contributed by atoms with Crippen LogP contribution in [0.1, 0.15) is 40.0 Å². The van der Waals surface area contributed by atoms with E-state index in [9.17, 15) is 14.7 Å². The van der Waals surface area contributed by atoms with Gasteiger partial charge in [-0.05, 0) is 40.0 Å². The smallest absolute Gasteiger partial charge is 0.331 e. The van der Waals surface area contributed by atoms with Crippen LogP contribution in [0.2, 0.25) is 0 Å². The van der Waals surface area contributed by atoms with E-state index in [0.29, 0.717) is 13.0 Å². The van der Waals surface area contributed by atoms with Gasteiger partial charge in [-0.3, -0.25) is 0 Å². The summed E-state index contributed by atoms with van der Waals surface area (Å²) in [4.78, 5) is 22.6. The van der Waals surface area contributed by atoms with Gasteiger partial charge < -0.3 is 24.4 Å². The van der Waals surface area contributed by atoms with E-state index in [1.807, 2.05) is 20.8 Å². The Labute approximate surface area is 188 Å². The Morgan fingerprint density at radius 1 is 1.09 bits per heavy atom. The Morgan fingerprint density at radius 2 is 1.72 bits per heavy atom. The van der Waals surface area contributed by atoms with E-state index in [1.54, 1.807) is 24.3 Å². The first-order chi connectivity index (χ1) is 15.2. The second-order valence-corrected chi connectivity index (χ2v) is 8.97. The molecule has 1 spiro atoms. The van der Waals surface area contributed by atoms with Crippen molar-refractivity contribution in [2.75, 3.05) is 6.61 Å². The minimum absolute atomic E-state index is 0.0241. The number of aliphatic hydroxyl groups excluding tert-OH is 1. The molecular weight excluding hydrogens is 412 g/mol. The molecule has 3 rings (SSSR count). The van der Waals surface area contributed by atoms with Crippen LogP contribution in [0.4, 0.5) is 0 Å². The Hall–Kier alpha value is -2.48. The first-order valence-electron chi connectivity index (χ1n) is 10.9. The molecule has 174 valence electrons. The number of rotatable bonds is 9.